The Morgan fingerprint density at radius 1 is 1.07 bits per heavy atom. The quantitative estimate of drug-likeness (QED) is 0.301. The predicted molar refractivity (Wildman–Crippen MR) is 135 cm³/mol. The second-order valence-corrected chi connectivity index (χ2v) is 9.77. The minimum atomic E-state index is -4.66. The van der Waals surface area contributed by atoms with Crippen molar-refractivity contribution in [3.05, 3.63) is 40.9 Å². The molecule has 40 heavy (non-hydrogen) atoms. The summed E-state index contributed by atoms with van der Waals surface area (Å²) in [6.07, 6.45) is -8.14. The van der Waals surface area contributed by atoms with Gasteiger partial charge in [0.2, 0.25) is 17.8 Å². The van der Waals surface area contributed by atoms with Crippen molar-refractivity contribution in [2.75, 3.05) is 42.2 Å². The predicted octanol–water partition coefficient (Wildman–Crippen LogP) is 4.86. The highest BCUT2D eigenvalue weighted by Gasteiger charge is 2.31. The zero-order valence-corrected chi connectivity index (χ0v) is 21.8. The lowest BCUT2D eigenvalue weighted by atomic mass is 10.1. The number of alkyl halides is 6. The van der Waals surface area contributed by atoms with Crippen LogP contribution in [0.15, 0.2) is 29.6 Å². The van der Waals surface area contributed by atoms with Crippen molar-refractivity contribution in [3.63, 3.8) is 0 Å². The second-order valence-electron chi connectivity index (χ2n) is 8.91. The van der Waals surface area contributed by atoms with Gasteiger partial charge in [-0.05, 0) is 38.0 Å². The number of hydrogen-bond acceptors (Lipinski definition) is 10. The lowest BCUT2D eigenvalue weighted by Crippen LogP contribution is -2.42. The highest BCUT2D eigenvalue weighted by atomic mass is 32.1. The van der Waals surface area contributed by atoms with E-state index in [0.29, 0.717) is 31.1 Å². The molecule has 1 saturated heterocycles. The average molecular weight is 591 g/mol. The maximum Gasteiger partial charge on any atom is 0.422 e. The number of piperidine rings is 1. The molecule has 0 unspecified atom stereocenters. The van der Waals surface area contributed by atoms with Crippen LogP contribution in [-0.4, -0.2) is 69.2 Å². The van der Waals surface area contributed by atoms with Crippen LogP contribution in [0.2, 0.25) is 0 Å². The number of benzene rings is 1. The van der Waals surface area contributed by atoms with E-state index in [1.165, 1.54) is 23.5 Å². The molecule has 1 amide bonds. The number of ether oxygens (including phenoxy) is 1. The molecule has 0 radical (unpaired) electrons. The molecule has 3 N–H and O–H groups in total. The molecule has 216 valence electrons. The number of hydrogen-bond donors (Lipinski definition) is 3. The van der Waals surface area contributed by atoms with Gasteiger partial charge in [-0.3, -0.25) is 9.69 Å². The minimum absolute atomic E-state index is 0.0340. The smallest absolute Gasteiger partial charge is 0.422 e. The third kappa shape index (κ3) is 8.90. The Morgan fingerprint density at radius 3 is 2.45 bits per heavy atom. The topological polar surface area (TPSA) is 117 Å². The molecule has 3 heterocycles. The molecule has 1 fully saturated rings. The van der Waals surface area contributed by atoms with E-state index >= 15 is 0 Å². The SMILES string of the molecule is Cc1csc(NC(=O)CN2CCC(Nc3nc(Nc4cccc(C(F)(F)F)c4)nc(OCC(F)(F)F)n3)CC2)n1. The maximum absolute atomic E-state index is 13.1. The van der Waals surface area contributed by atoms with E-state index in [4.69, 9.17) is 0 Å². The summed E-state index contributed by atoms with van der Waals surface area (Å²) >= 11 is 1.33. The molecule has 1 aliphatic heterocycles. The number of aryl methyl sites for hydroxylation is 1. The number of aromatic nitrogens is 4. The molecular formula is C23H24F6N8O2S. The fraction of sp³-hybridized carbons (Fsp3) is 0.435. The van der Waals surface area contributed by atoms with Crippen molar-refractivity contribution in [1.82, 2.24) is 24.8 Å². The molecule has 0 saturated carbocycles. The Kier molecular flexibility index (Phi) is 8.92. The van der Waals surface area contributed by atoms with Crippen LogP contribution in [0, 0.1) is 6.92 Å². The summed E-state index contributed by atoms with van der Waals surface area (Å²) in [6, 6.07) is 3.33. The molecule has 1 aromatic carbocycles. The Balaban J connectivity index is 1.40. The van der Waals surface area contributed by atoms with Crippen molar-refractivity contribution < 1.29 is 35.9 Å². The van der Waals surface area contributed by atoms with Crippen molar-refractivity contribution in [2.24, 2.45) is 0 Å². The van der Waals surface area contributed by atoms with E-state index < -0.39 is 30.5 Å². The van der Waals surface area contributed by atoms with Crippen molar-refractivity contribution in [2.45, 2.75) is 38.2 Å². The largest absolute Gasteiger partial charge is 0.454 e. The Bertz CT molecular complexity index is 1310. The highest BCUT2D eigenvalue weighted by Crippen LogP contribution is 2.31. The van der Waals surface area contributed by atoms with Gasteiger partial charge in [0.05, 0.1) is 17.8 Å². The number of anilines is 4. The molecule has 3 aromatic rings. The summed E-state index contributed by atoms with van der Waals surface area (Å²) in [5.41, 5.74) is -0.153. The molecule has 4 rings (SSSR count). The Hall–Kier alpha value is -3.73. The van der Waals surface area contributed by atoms with E-state index in [-0.39, 0.29) is 36.1 Å². The summed E-state index contributed by atoms with van der Waals surface area (Å²) in [5.74, 6) is -0.618. The first-order valence-corrected chi connectivity index (χ1v) is 12.8. The average Bonchev–Trinajstić information content (AvgIpc) is 3.27. The van der Waals surface area contributed by atoms with Gasteiger partial charge in [-0.15, -0.1) is 11.3 Å². The number of rotatable bonds is 9. The van der Waals surface area contributed by atoms with Crippen LogP contribution in [0.1, 0.15) is 24.1 Å². The van der Waals surface area contributed by atoms with Crippen LogP contribution < -0.4 is 20.7 Å². The van der Waals surface area contributed by atoms with E-state index in [9.17, 15) is 31.1 Å². The van der Waals surface area contributed by atoms with E-state index in [1.807, 2.05) is 17.2 Å². The molecule has 0 spiro atoms. The summed E-state index contributed by atoms with van der Waals surface area (Å²) < 4.78 is 82.0. The van der Waals surface area contributed by atoms with Crippen LogP contribution in [-0.2, 0) is 11.0 Å². The Labute approximate surface area is 228 Å². The normalized spacial score (nSPS) is 15.1. The van der Waals surface area contributed by atoms with E-state index in [2.05, 4.69) is 40.6 Å². The van der Waals surface area contributed by atoms with Gasteiger partial charge in [-0.1, -0.05) is 6.07 Å². The number of carbonyl (C=O) groups excluding carboxylic acids is 1. The maximum atomic E-state index is 13.1. The van der Waals surface area contributed by atoms with Gasteiger partial charge in [0.25, 0.3) is 0 Å². The van der Waals surface area contributed by atoms with Crippen LogP contribution >= 0.6 is 11.3 Å². The van der Waals surface area contributed by atoms with Crippen molar-refractivity contribution >= 4 is 40.0 Å². The molecule has 10 nitrogen and oxygen atoms in total. The summed E-state index contributed by atoms with van der Waals surface area (Å²) in [7, 11) is 0. The lowest BCUT2D eigenvalue weighted by Gasteiger charge is -2.31. The van der Waals surface area contributed by atoms with Gasteiger partial charge in [-0.25, -0.2) is 4.98 Å². The first-order valence-electron chi connectivity index (χ1n) is 11.9. The molecule has 2 aromatic heterocycles. The van der Waals surface area contributed by atoms with Crippen LogP contribution in [0.5, 0.6) is 6.01 Å². The molecule has 0 atom stereocenters. The van der Waals surface area contributed by atoms with Crippen LogP contribution in [0.4, 0.5) is 49.1 Å². The number of halogens is 6. The van der Waals surface area contributed by atoms with Crippen molar-refractivity contribution in [3.8, 4) is 6.01 Å². The number of likely N-dealkylation sites (tertiary alicyclic amines) is 1. The standard InChI is InChI=1S/C23H24F6N8O2S/c1-13-11-40-21(30-13)33-17(38)10-37-7-5-15(6-8-37)31-18-34-19(36-20(35-18)39-12-22(24,25)26)32-16-4-2-3-14(9-16)23(27,28)29/h2-4,9,11,15H,5-8,10,12H2,1H3,(H,30,33,38)(H2,31,32,34,35,36). The summed E-state index contributed by atoms with van der Waals surface area (Å²) in [6.45, 7) is 1.41. The van der Waals surface area contributed by atoms with Gasteiger partial charge in [0.15, 0.2) is 11.7 Å². The van der Waals surface area contributed by atoms with Crippen molar-refractivity contribution in [1.29, 1.82) is 0 Å². The number of amides is 1. The minimum Gasteiger partial charge on any atom is -0.454 e. The van der Waals surface area contributed by atoms with Gasteiger partial charge < -0.3 is 20.7 Å². The highest BCUT2D eigenvalue weighted by molar-refractivity contribution is 7.13. The zero-order chi connectivity index (χ0) is 28.9. The molecule has 17 heteroatoms. The monoisotopic (exact) mass is 590 g/mol. The Morgan fingerprint density at radius 2 is 1.80 bits per heavy atom. The fourth-order valence-electron chi connectivity index (χ4n) is 3.78. The number of nitrogens with zero attached hydrogens (tertiary/aromatic N) is 5. The molecule has 0 aliphatic carbocycles. The third-order valence-electron chi connectivity index (χ3n) is 5.58. The molecule has 1 aliphatic rings. The summed E-state index contributed by atoms with van der Waals surface area (Å²) in [4.78, 5) is 30.2. The van der Waals surface area contributed by atoms with Gasteiger partial charge in [0.1, 0.15) is 0 Å². The number of carbonyl (C=O) groups is 1. The molecular weight excluding hydrogens is 566 g/mol. The fourth-order valence-corrected chi connectivity index (χ4v) is 4.49. The zero-order valence-electron chi connectivity index (χ0n) is 20.9. The van der Waals surface area contributed by atoms with Crippen LogP contribution in [0.25, 0.3) is 0 Å². The van der Waals surface area contributed by atoms with E-state index in [1.54, 1.807) is 0 Å². The lowest BCUT2D eigenvalue weighted by molar-refractivity contribution is -0.154. The van der Waals surface area contributed by atoms with E-state index in [0.717, 1.165) is 17.8 Å². The number of thiazole rings is 1. The second kappa shape index (κ2) is 12.2. The third-order valence-corrected chi connectivity index (χ3v) is 6.45. The summed E-state index contributed by atoms with van der Waals surface area (Å²) in [5, 5.41) is 10.7. The first-order chi connectivity index (χ1) is 18.8. The van der Waals surface area contributed by atoms with Gasteiger partial charge in [-0.2, -0.15) is 41.3 Å². The van der Waals surface area contributed by atoms with Gasteiger partial charge in [0, 0.05) is 30.2 Å². The molecule has 0 bridgehead atoms. The van der Waals surface area contributed by atoms with Crippen LogP contribution in [0.3, 0.4) is 0 Å². The number of nitrogens with one attached hydrogen (secondary N) is 3. The first kappa shape index (κ1) is 29.3. The van der Waals surface area contributed by atoms with Gasteiger partial charge >= 0.3 is 18.4 Å².